The first-order valence-electron chi connectivity index (χ1n) is 12.0. The molecule has 0 atom stereocenters. The molecule has 0 unspecified atom stereocenters. The first kappa shape index (κ1) is 17.8. The molecule has 4 heterocycles. The fraction of sp³-hybridized carbons (Fsp3) is 0.0645. The van der Waals surface area contributed by atoms with Gasteiger partial charge in [-0.2, -0.15) is 0 Å². The third kappa shape index (κ3) is 2.15. The zero-order chi connectivity index (χ0) is 22.7. The molecule has 9 rings (SSSR count). The Balaban J connectivity index is 1.46. The average Bonchev–Trinajstić information content (AvgIpc) is 3.58. The molecule has 0 radical (unpaired) electrons. The summed E-state index contributed by atoms with van der Waals surface area (Å²) in [5.74, 6) is 0. The molecule has 0 saturated heterocycles. The van der Waals surface area contributed by atoms with Crippen LogP contribution in [-0.4, -0.2) is 19.4 Å². The van der Waals surface area contributed by atoms with Crippen molar-refractivity contribution in [2.24, 2.45) is 0 Å². The number of fused-ring (bicyclic) bond motifs is 15. The number of hydrogen-bond donors (Lipinski definition) is 0. The van der Waals surface area contributed by atoms with E-state index in [1.54, 1.807) is 0 Å². The van der Waals surface area contributed by atoms with Crippen molar-refractivity contribution < 1.29 is 0 Å². The first-order chi connectivity index (χ1) is 17.3. The van der Waals surface area contributed by atoms with Gasteiger partial charge in [-0.3, -0.25) is 9.38 Å². The second-order valence-corrected chi connectivity index (χ2v) is 9.69. The minimum atomic E-state index is 0.907. The first-order valence-corrected chi connectivity index (χ1v) is 12.0. The summed E-state index contributed by atoms with van der Waals surface area (Å²) in [6.45, 7) is 0. The van der Waals surface area contributed by atoms with Crippen molar-refractivity contribution in [1.29, 1.82) is 0 Å². The minimum absolute atomic E-state index is 0.907. The maximum absolute atomic E-state index is 5.14. The molecule has 2 aliphatic carbocycles. The molecule has 3 aromatic carbocycles. The second kappa shape index (κ2) is 6.10. The molecule has 0 N–H and O–H groups in total. The number of benzene rings is 3. The second-order valence-electron chi connectivity index (χ2n) is 9.69. The van der Waals surface area contributed by atoms with Crippen LogP contribution < -0.4 is 0 Å². The number of hydrogen-bond acceptors (Lipinski definition) is 3. The van der Waals surface area contributed by atoms with Crippen molar-refractivity contribution in [1.82, 2.24) is 19.4 Å². The highest BCUT2D eigenvalue weighted by Crippen LogP contribution is 2.47. The van der Waals surface area contributed by atoms with Crippen LogP contribution in [0, 0.1) is 0 Å². The molecular formula is C31H18N4. The van der Waals surface area contributed by atoms with E-state index in [2.05, 4.69) is 65.1 Å². The van der Waals surface area contributed by atoms with Crippen molar-refractivity contribution in [3.05, 3.63) is 107 Å². The Labute approximate surface area is 200 Å². The molecule has 162 valence electrons. The Bertz CT molecular complexity index is 2070. The summed E-state index contributed by atoms with van der Waals surface area (Å²) in [5.41, 5.74) is 15.9. The zero-order valence-corrected chi connectivity index (χ0v) is 18.8. The van der Waals surface area contributed by atoms with E-state index >= 15 is 0 Å². The van der Waals surface area contributed by atoms with E-state index in [1.165, 1.54) is 44.5 Å². The van der Waals surface area contributed by atoms with Crippen LogP contribution in [0.5, 0.6) is 0 Å². The predicted molar refractivity (Wildman–Crippen MR) is 140 cm³/mol. The smallest absolute Gasteiger partial charge is 0.149 e. The van der Waals surface area contributed by atoms with Crippen molar-refractivity contribution in [3.8, 4) is 22.3 Å². The fourth-order valence-electron chi connectivity index (χ4n) is 6.42. The van der Waals surface area contributed by atoms with E-state index in [9.17, 15) is 0 Å². The highest BCUT2D eigenvalue weighted by atomic mass is 15.1. The van der Waals surface area contributed by atoms with E-state index in [0.29, 0.717) is 0 Å². The number of nitrogens with zero attached hydrogens (tertiary/aromatic N) is 4. The molecule has 0 fully saturated rings. The molecule has 4 nitrogen and oxygen atoms in total. The van der Waals surface area contributed by atoms with Gasteiger partial charge in [0, 0.05) is 28.7 Å². The molecule has 0 saturated carbocycles. The standard InChI is InChI=1S/C31H18N4/c1-2-6-21-17(5-1)13-19-15-20-14-18-9-10-26-29(27(18)25(20)16-24(19)21)35-30-22(7-4-12-33-30)28-23(31(35)34-26)8-3-11-32-28/h1-12,15-16H,13-14H2. The summed E-state index contributed by atoms with van der Waals surface area (Å²) < 4.78 is 2.27. The van der Waals surface area contributed by atoms with Crippen molar-refractivity contribution in [2.45, 2.75) is 12.8 Å². The molecule has 0 bridgehead atoms. The van der Waals surface area contributed by atoms with Gasteiger partial charge in [0.15, 0.2) is 0 Å². The van der Waals surface area contributed by atoms with Crippen LogP contribution in [0.2, 0.25) is 0 Å². The number of imidazole rings is 1. The Kier molecular flexibility index (Phi) is 3.11. The largest absolute Gasteiger partial charge is 0.275 e. The number of rotatable bonds is 0. The van der Waals surface area contributed by atoms with Crippen molar-refractivity contribution in [3.63, 3.8) is 0 Å². The lowest BCUT2D eigenvalue weighted by Gasteiger charge is -2.10. The molecule has 7 aromatic rings. The normalized spacial score (nSPS) is 13.5. The van der Waals surface area contributed by atoms with Gasteiger partial charge >= 0.3 is 0 Å². The Hall–Kier alpha value is -4.57. The van der Waals surface area contributed by atoms with Crippen LogP contribution in [0.3, 0.4) is 0 Å². The van der Waals surface area contributed by atoms with Gasteiger partial charge in [-0.05, 0) is 88.2 Å². The highest BCUT2D eigenvalue weighted by molar-refractivity contribution is 6.13. The Morgan fingerprint density at radius 2 is 1.40 bits per heavy atom. The van der Waals surface area contributed by atoms with Gasteiger partial charge in [0.2, 0.25) is 0 Å². The number of pyridine rings is 3. The molecule has 0 spiro atoms. The minimum Gasteiger partial charge on any atom is -0.275 e. The third-order valence-electron chi connectivity index (χ3n) is 7.87. The van der Waals surface area contributed by atoms with E-state index in [4.69, 9.17) is 15.0 Å². The summed E-state index contributed by atoms with van der Waals surface area (Å²) >= 11 is 0. The van der Waals surface area contributed by atoms with Gasteiger partial charge in [0.25, 0.3) is 0 Å². The molecule has 2 aliphatic rings. The van der Waals surface area contributed by atoms with E-state index < -0.39 is 0 Å². The van der Waals surface area contributed by atoms with Crippen molar-refractivity contribution in [2.75, 3.05) is 0 Å². The van der Waals surface area contributed by atoms with Crippen LogP contribution in [0.15, 0.2) is 85.2 Å². The zero-order valence-electron chi connectivity index (χ0n) is 18.8. The number of aromatic nitrogens is 4. The summed E-state index contributed by atoms with van der Waals surface area (Å²) in [6.07, 6.45) is 5.69. The SMILES string of the molecule is c1ccc2c(c1)Cc1cc3c(cc1-2)-c1c(ccc2nc4c5cccnc5c5cccnc5n4c12)C3. The van der Waals surface area contributed by atoms with Gasteiger partial charge in [-0.25, -0.2) is 9.97 Å². The summed E-state index contributed by atoms with van der Waals surface area (Å²) in [4.78, 5) is 14.7. The van der Waals surface area contributed by atoms with E-state index in [1.807, 2.05) is 24.5 Å². The Morgan fingerprint density at radius 1 is 0.600 bits per heavy atom. The quantitative estimate of drug-likeness (QED) is 0.243. The van der Waals surface area contributed by atoms with Gasteiger partial charge in [-0.15, -0.1) is 0 Å². The Morgan fingerprint density at radius 3 is 2.34 bits per heavy atom. The van der Waals surface area contributed by atoms with Crippen LogP contribution in [0.4, 0.5) is 0 Å². The average molecular weight is 447 g/mol. The molecular weight excluding hydrogens is 428 g/mol. The highest BCUT2D eigenvalue weighted by Gasteiger charge is 2.28. The molecule has 4 heteroatoms. The molecule has 4 aromatic heterocycles. The topological polar surface area (TPSA) is 43.1 Å². The van der Waals surface area contributed by atoms with Crippen LogP contribution in [0.25, 0.3) is 60.9 Å². The summed E-state index contributed by atoms with van der Waals surface area (Å²) in [5, 5.41) is 2.10. The van der Waals surface area contributed by atoms with Gasteiger partial charge in [0.05, 0.1) is 16.6 Å². The summed E-state index contributed by atoms with van der Waals surface area (Å²) in [6, 6.07) is 26.3. The van der Waals surface area contributed by atoms with Crippen LogP contribution in [0.1, 0.15) is 22.3 Å². The lowest BCUT2D eigenvalue weighted by atomic mass is 9.97. The van der Waals surface area contributed by atoms with Crippen molar-refractivity contribution >= 4 is 38.6 Å². The lowest BCUT2D eigenvalue weighted by Crippen LogP contribution is -1.96. The summed E-state index contributed by atoms with van der Waals surface area (Å²) in [7, 11) is 0. The molecule has 35 heavy (non-hydrogen) atoms. The third-order valence-corrected chi connectivity index (χ3v) is 7.87. The fourth-order valence-corrected chi connectivity index (χ4v) is 6.42. The maximum atomic E-state index is 5.14. The van der Waals surface area contributed by atoms with Crippen LogP contribution >= 0.6 is 0 Å². The predicted octanol–water partition coefficient (Wildman–Crippen LogP) is 6.73. The lowest BCUT2D eigenvalue weighted by molar-refractivity contribution is 1.21. The van der Waals surface area contributed by atoms with Gasteiger partial charge in [-0.1, -0.05) is 36.4 Å². The molecule has 0 aliphatic heterocycles. The van der Waals surface area contributed by atoms with Gasteiger partial charge in [0.1, 0.15) is 11.3 Å². The van der Waals surface area contributed by atoms with E-state index in [0.717, 1.165) is 51.5 Å². The van der Waals surface area contributed by atoms with E-state index in [-0.39, 0.29) is 0 Å². The van der Waals surface area contributed by atoms with Crippen LogP contribution in [-0.2, 0) is 12.8 Å². The molecule has 0 amide bonds. The monoisotopic (exact) mass is 446 g/mol. The maximum Gasteiger partial charge on any atom is 0.149 e. The van der Waals surface area contributed by atoms with Gasteiger partial charge < -0.3 is 0 Å².